The number of hydrogen-bond acceptors (Lipinski definition) is 6. The molecule has 0 bridgehead atoms. The normalized spacial score (nSPS) is 12.0. The minimum Gasteiger partial charge on any atom is -0.478 e. The van der Waals surface area contributed by atoms with Crippen LogP contribution in [-0.2, 0) is 9.59 Å². The van der Waals surface area contributed by atoms with E-state index >= 15 is 0 Å². The van der Waals surface area contributed by atoms with Gasteiger partial charge in [-0.15, -0.1) is 0 Å². The van der Waals surface area contributed by atoms with E-state index in [1.807, 2.05) is 4.90 Å². The van der Waals surface area contributed by atoms with Crippen LogP contribution in [0.5, 0.6) is 0 Å². The second-order valence-corrected chi connectivity index (χ2v) is 8.09. The van der Waals surface area contributed by atoms with Crippen LogP contribution in [-0.4, -0.2) is 81.3 Å². The van der Waals surface area contributed by atoms with Gasteiger partial charge in [-0.1, -0.05) is 84.0 Å². The number of carbonyl (C=O) groups is 2. The van der Waals surface area contributed by atoms with Gasteiger partial charge in [0.1, 0.15) is 0 Å². The van der Waals surface area contributed by atoms with Crippen LogP contribution in [0.4, 0.5) is 0 Å². The van der Waals surface area contributed by atoms with E-state index in [-0.39, 0.29) is 19.3 Å². The van der Waals surface area contributed by atoms with Gasteiger partial charge in [-0.25, -0.2) is 9.59 Å². The first kappa shape index (κ1) is 32.7. The van der Waals surface area contributed by atoms with Crippen molar-refractivity contribution in [2.45, 2.75) is 96.5 Å². The summed E-state index contributed by atoms with van der Waals surface area (Å²) in [6, 6.07) is 0. The van der Waals surface area contributed by atoms with E-state index < -0.39 is 11.9 Å². The summed E-state index contributed by atoms with van der Waals surface area (Å²) >= 11 is 0. The van der Waals surface area contributed by atoms with Gasteiger partial charge < -0.3 is 25.5 Å². The minimum atomic E-state index is -1.26. The van der Waals surface area contributed by atoms with E-state index in [1.165, 1.54) is 70.6 Å². The second-order valence-electron chi connectivity index (χ2n) is 8.09. The summed E-state index contributed by atoms with van der Waals surface area (Å²) in [5.74, 6) is -2.51. The maximum absolute atomic E-state index is 10.0. The standard InChI is InChI=1S/C20H43NO3.C4H4O4/c1-2-3-4-5-6-7-8-9-10-11-12-13-14-20(24)19-21(15-17-22)16-18-23;5-3(6)1-2-4(7)8/h20,22-24H,2-19H2,1H3;1-2H,(H,5,6)(H,7,8). The van der Waals surface area contributed by atoms with E-state index in [9.17, 15) is 14.7 Å². The molecule has 0 aromatic rings. The second kappa shape index (κ2) is 25.8. The zero-order chi connectivity index (χ0) is 24.5. The van der Waals surface area contributed by atoms with E-state index in [0.29, 0.717) is 31.8 Å². The van der Waals surface area contributed by atoms with Crippen LogP contribution >= 0.6 is 0 Å². The van der Waals surface area contributed by atoms with Gasteiger partial charge >= 0.3 is 11.9 Å². The van der Waals surface area contributed by atoms with Gasteiger partial charge in [0.05, 0.1) is 19.3 Å². The SMILES string of the molecule is CCCCCCCCCCCCCCC(O)CN(CCO)CCO.O=C(O)C=CC(=O)O. The fourth-order valence-electron chi connectivity index (χ4n) is 3.33. The molecule has 0 heterocycles. The van der Waals surface area contributed by atoms with Crippen LogP contribution in [0, 0.1) is 0 Å². The van der Waals surface area contributed by atoms with Crippen molar-refractivity contribution in [1.29, 1.82) is 0 Å². The van der Waals surface area contributed by atoms with Crippen molar-refractivity contribution in [3.05, 3.63) is 12.2 Å². The molecule has 32 heavy (non-hydrogen) atoms. The van der Waals surface area contributed by atoms with Gasteiger partial charge in [0.25, 0.3) is 0 Å². The molecule has 0 aliphatic rings. The molecule has 0 rings (SSSR count). The van der Waals surface area contributed by atoms with Crippen LogP contribution in [0.25, 0.3) is 0 Å². The van der Waals surface area contributed by atoms with Gasteiger partial charge in [-0.3, -0.25) is 4.90 Å². The van der Waals surface area contributed by atoms with Crippen LogP contribution < -0.4 is 0 Å². The maximum atomic E-state index is 10.0. The third-order valence-electron chi connectivity index (χ3n) is 5.06. The van der Waals surface area contributed by atoms with E-state index in [2.05, 4.69) is 6.92 Å². The van der Waals surface area contributed by atoms with Crippen molar-refractivity contribution in [3.63, 3.8) is 0 Å². The molecule has 0 aliphatic carbocycles. The molecule has 0 aromatic heterocycles. The maximum Gasteiger partial charge on any atom is 0.328 e. The first-order valence-electron chi connectivity index (χ1n) is 12.1. The van der Waals surface area contributed by atoms with E-state index in [4.69, 9.17) is 20.4 Å². The Kier molecular flexibility index (Phi) is 26.3. The molecule has 0 saturated heterocycles. The molecule has 190 valence electrons. The fraction of sp³-hybridized carbons (Fsp3) is 0.833. The largest absolute Gasteiger partial charge is 0.478 e. The van der Waals surface area contributed by atoms with Crippen LogP contribution in [0.1, 0.15) is 90.4 Å². The third-order valence-corrected chi connectivity index (χ3v) is 5.06. The number of carboxylic acids is 2. The predicted octanol–water partition coefficient (Wildman–Crippen LogP) is 3.44. The molecule has 1 atom stereocenters. The van der Waals surface area contributed by atoms with Crippen molar-refractivity contribution in [1.82, 2.24) is 4.90 Å². The Balaban J connectivity index is 0. The monoisotopic (exact) mass is 461 g/mol. The molecule has 5 N–H and O–H groups in total. The lowest BCUT2D eigenvalue weighted by atomic mass is 10.0. The molecular weight excluding hydrogens is 414 g/mol. The number of aliphatic hydroxyl groups is 3. The topological polar surface area (TPSA) is 139 Å². The van der Waals surface area contributed by atoms with Crippen LogP contribution in [0.2, 0.25) is 0 Å². The molecule has 0 amide bonds. The Morgan fingerprint density at radius 2 is 1.09 bits per heavy atom. The molecule has 0 aromatic carbocycles. The van der Waals surface area contributed by atoms with Crippen molar-refractivity contribution >= 4 is 11.9 Å². The average Bonchev–Trinajstić information content (AvgIpc) is 2.74. The first-order chi connectivity index (χ1) is 15.4. The van der Waals surface area contributed by atoms with Gasteiger partial charge in [0, 0.05) is 31.8 Å². The number of aliphatic hydroxyl groups excluding tert-OH is 3. The smallest absolute Gasteiger partial charge is 0.328 e. The van der Waals surface area contributed by atoms with Crippen molar-refractivity contribution in [3.8, 4) is 0 Å². The zero-order valence-electron chi connectivity index (χ0n) is 20.0. The highest BCUT2D eigenvalue weighted by Crippen LogP contribution is 2.13. The number of aliphatic carboxylic acids is 2. The number of unbranched alkanes of at least 4 members (excludes halogenated alkanes) is 11. The summed E-state index contributed by atoms with van der Waals surface area (Å²) in [4.78, 5) is 21.0. The lowest BCUT2D eigenvalue weighted by molar-refractivity contribution is -0.134. The van der Waals surface area contributed by atoms with E-state index in [1.54, 1.807) is 0 Å². The quantitative estimate of drug-likeness (QED) is 0.129. The average molecular weight is 462 g/mol. The fourth-order valence-corrected chi connectivity index (χ4v) is 3.33. The van der Waals surface area contributed by atoms with Gasteiger partial charge in [0.2, 0.25) is 0 Å². The molecule has 0 fully saturated rings. The molecule has 0 aliphatic heterocycles. The van der Waals surface area contributed by atoms with Gasteiger partial charge in [0.15, 0.2) is 0 Å². The van der Waals surface area contributed by atoms with Gasteiger partial charge in [-0.2, -0.15) is 0 Å². The third kappa shape index (κ3) is 28.5. The van der Waals surface area contributed by atoms with Crippen LogP contribution in [0.3, 0.4) is 0 Å². The number of hydrogen-bond donors (Lipinski definition) is 5. The van der Waals surface area contributed by atoms with E-state index in [0.717, 1.165) is 12.8 Å². The summed E-state index contributed by atoms with van der Waals surface area (Å²) in [5, 5.41) is 43.6. The Morgan fingerprint density at radius 3 is 1.44 bits per heavy atom. The molecule has 0 spiro atoms. The number of nitrogens with zero attached hydrogens (tertiary/aromatic N) is 1. The highest BCUT2D eigenvalue weighted by Gasteiger charge is 2.10. The lowest BCUT2D eigenvalue weighted by Crippen LogP contribution is -2.36. The Morgan fingerprint density at radius 1 is 0.719 bits per heavy atom. The van der Waals surface area contributed by atoms with Crippen molar-refractivity contribution in [2.75, 3.05) is 32.8 Å². The molecule has 8 heteroatoms. The predicted molar refractivity (Wildman–Crippen MR) is 127 cm³/mol. The lowest BCUT2D eigenvalue weighted by Gasteiger charge is -2.23. The zero-order valence-corrected chi connectivity index (χ0v) is 20.0. The van der Waals surface area contributed by atoms with Crippen molar-refractivity contribution in [2.24, 2.45) is 0 Å². The molecule has 1 unspecified atom stereocenters. The highest BCUT2D eigenvalue weighted by atomic mass is 16.4. The Hall–Kier alpha value is -1.48. The van der Waals surface area contributed by atoms with Gasteiger partial charge in [-0.05, 0) is 6.42 Å². The Bertz CT molecular complexity index is 436. The number of rotatable bonds is 21. The summed E-state index contributed by atoms with van der Waals surface area (Å²) in [6.45, 7) is 4.02. The molecule has 0 radical (unpaired) electrons. The summed E-state index contributed by atoms with van der Waals surface area (Å²) in [7, 11) is 0. The first-order valence-corrected chi connectivity index (χ1v) is 12.1. The summed E-state index contributed by atoms with van der Waals surface area (Å²) < 4.78 is 0. The van der Waals surface area contributed by atoms with Crippen molar-refractivity contribution < 1.29 is 35.1 Å². The number of carboxylic acid groups (broad SMARTS) is 2. The van der Waals surface area contributed by atoms with Crippen LogP contribution in [0.15, 0.2) is 12.2 Å². The Labute approximate surface area is 194 Å². The molecule has 0 saturated carbocycles. The highest BCUT2D eigenvalue weighted by molar-refractivity contribution is 5.89. The minimum absolute atomic E-state index is 0.0747. The summed E-state index contributed by atoms with van der Waals surface area (Å²) in [5.41, 5.74) is 0. The molecule has 8 nitrogen and oxygen atoms in total. The summed E-state index contributed by atoms with van der Waals surface area (Å²) in [6.07, 6.45) is 17.6. The molecular formula is C24H47NO7.